The summed E-state index contributed by atoms with van der Waals surface area (Å²) in [5.74, 6) is 0.868. The molecule has 0 unspecified atom stereocenters. The molecule has 0 bridgehead atoms. The normalized spacial score (nSPS) is 10.8. The number of aliphatic hydroxyl groups excluding tert-OH is 1. The Morgan fingerprint density at radius 2 is 2.33 bits per heavy atom. The minimum atomic E-state index is 0.198. The zero-order valence-electron chi connectivity index (χ0n) is 8.53. The zero-order chi connectivity index (χ0) is 10.7. The van der Waals surface area contributed by atoms with Crippen LogP contribution in [0.4, 0.5) is 5.82 Å². The van der Waals surface area contributed by atoms with Crippen LogP contribution >= 0.6 is 11.3 Å². The number of nitrogens with one attached hydrogen (secondary N) is 1. The molecular formula is C10H13N3OS. The first kappa shape index (κ1) is 10.3. The van der Waals surface area contributed by atoms with E-state index < -0.39 is 0 Å². The Labute approximate surface area is 92.0 Å². The number of thiophene rings is 1. The molecule has 0 saturated heterocycles. The van der Waals surface area contributed by atoms with Gasteiger partial charge in [-0.2, -0.15) is 0 Å². The van der Waals surface area contributed by atoms with Crippen molar-refractivity contribution in [3.05, 3.63) is 17.3 Å². The summed E-state index contributed by atoms with van der Waals surface area (Å²) >= 11 is 1.63. The van der Waals surface area contributed by atoms with Crippen molar-refractivity contribution in [3.8, 4) is 0 Å². The third-order valence-corrected chi connectivity index (χ3v) is 3.19. The molecule has 15 heavy (non-hydrogen) atoms. The van der Waals surface area contributed by atoms with E-state index in [0.29, 0.717) is 0 Å². The first-order chi connectivity index (χ1) is 7.33. The Kier molecular flexibility index (Phi) is 3.13. The Morgan fingerprint density at radius 1 is 1.47 bits per heavy atom. The molecule has 2 aromatic heterocycles. The first-order valence-electron chi connectivity index (χ1n) is 4.86. The molecule has 0 aliphatic carbocycles. The highest BCUT2D eigenvalue weighted by Gasteiger charge is 2.07. The third kappa shape index (κ3) is 2.08. The lowest BCUT2D eigenvalue weighted by molar-refractivity contribution is 0.292. The molecule has 2 heterocycles. The molecule has 0 radical (unpaired) electrons. The molecule has 0 aromatic carbocycles. The minimum absolute atomic E-state index is 0.198. The number of aliphatic hydroxyl groups is 1. The van der Waals surface area contributed by atoms with Gasteiger partial charge in [-0.3, -0.25) is 0 Å². The van der Waals surface area contributed by atoms with Crippen LogP contribution in [0.1, 0.15) is 12.0 Å². The molecule has 4 nitrogen and oxygen atoms in total. The van der Waals surface area contributed by atoms with E-state index in [-0.39, 0.29) is 6.61 Å². The van der Waals surface area contributed by atoms with Crippen molar-refractivity contribution in [2.24, 2.45) is 0 Å². The van der Waals surface area contributed by atoms with E-state index in [1.54, 1.807) is 17.7 Å². The smallest absolute Gasteiger partial charge is 0.138 e. The lowest BCUT2D eigenvalue weighted by atomic mass is 10.2. The highest BCUT2D eigenvalue weighted by Crippen LogP contribution is 2.28. The van der Waals surface area contributed by atoms with Gasteiger partial charge in [-0.15, -0.1) is 11.3 Å². The first-order valence-corrected chi connectivity index (χ1v) is 5.74. The summed E-state index contributed by atoms with van der Waals surface area (Å²) in [5, 5.41) is 15.1. The van der Waals surface area contributed by atoms with Gasteiger partial charge in [0.15, 0.2) is 0 Å². The largest absolute Gasteiger partial charge is 0.396 e. The van der Waals surface area contributed by atoms with Gasteiger partial charge < -0.3 is 10.4 Å². The van der Waals surface area contributed by atoms with Gasteiger partial charge in [0.2, 0.25) is 0 Å². The van der Waals surface area contributed by atoms with E-state index in [4.69, 9.17) is 5.11 Å². The van der Waals surface area contributed by atoms with Crippen molar-refractivity contribution < 1.29 is 5.11 Å². The average molecular weight is 223 g/mol. The van der Waals surface area contributed by atoms with Gasteiger partial charge in [0.25, 0.3) is 0 Å². The molecular weight excluding hydrogens is 210 g/mol. The zero-order valence-corrected chi connectivity index (χ0v) is 9.34. The highest BCUT2D eigenvalue weighted by atomic mass is 32.1. The molecule has 0 spiro atoms. The number of fused-ring (bicyclic) bond motifs is 1. The van der Waals surface area contributed by atoms with Crippen LogP contribution in [0.3, 0.4) is 0 Å². The Morgan fingerprint density at radius 3 is 3.13 bits per heavy atom. The fraction of sp³-hybridized carbons (Fsp3) is 0.400. The number of nitrogens with zero attached hydrogens (tertiary/aromatic N) is 2. The van der Waals surface area contributed by atoms with Gasteiger partial charge >= 0.3 is 0 Å². The van der Waals surface area contributed by atoms with Crippen LogP contribution < -0.4 is 5.32 Å². The summed E-state index contributed by atoms with van der Waals surface area (Å²) in [6.07, 6.45) is 2.30. The number of hydrogen-bond donors (Lipinski definition) is 2. The molecule has 2 aromatic rings. The van der Waals surface area contributed by atoms with Crippen molar-refractivity contribution in [2.45, 2.75) is 13.3 Å². The molecule has 2 N–H and O–H groups in total. The number of hydrogen-bond acceptors (Lipinski definition) is 5. The molecule has 0 atom stereocenters. The number of aromatic nitrogens is 2. The second-order valence-corrected chi connectivity index (χ2v) is 4.18. The number of rotatable bonds is 4. The molecule has 0 saturated carbocycles. The molecule has 2 rings (SSSR count). The van der Waals surface area contributed by atoms with Gasteiger partial charge in [0.05, 0.1) is 5.39 Å². The molecule has 0 amide bonds. The maximum Gasteiger partial charge on any atom is 0.138 e. The van der Waals surface area contributed by atoms with Crippen molar-refractivity contribution in [1.82, 2.24) is 9.97 Å². The van der Waals surface area contributed by atoms with E-state index in [1.165, 1.54) is 5.56 Å². The van der Waals surface area contributed by atoms with Crippen molar-refractivity contribution in [1.29, 1.82) is 0 Å². The predicted octanol–water partition coefficient (Wildman–Crippen LogP) is 1.79. The summed E-state index contributed by atoms with van der Waals surface area (Å²) in [6.45, 7) is 2.99. The standard InChI is InChI=1S/C10H13N3OS/c1-7-5-15-10-8(7)9(12-6-13-10)11-3-2-4-14/h5-6,14H,2-4H2,1H3,(H,11,12,13). The Balaban J connectivity index is 2.29. The second kappa shape index (κ2) is 4.55. The summed E-state index contributed by atoms with van der Waals surface area (Å²) in [4.78, 5) is 9.43. The number of anilines is 1. The summed E-state index contributed by atoms with van der Waals surface area (Å²) < 4.78 is 0. The maximum absolute atomic E-state index is 8.70. The fourth-order valence-corrected chi connectivity index (χ4v) is 2.33. The fourth-order valence-electron chi connectivity index (χ4n) is 1.44. The summed E-state index contributed by atoms with van der Waals surface area (Å²) in [6, 6.07) is 0. The van der Waals surface area contributed by atoms with Crippen LogP contribution in [0.2, 0.25) is 0 Å². The van der Waals surface area contributed by atoms with Crippen LogP contribution in [-0.2, 0) is 0 Å². The molecule has 5 heteroatoms. The number of aryl methyl sites for hydroxylation is 1. The van der Waals surface area contributed by atoms with Crippen molar-refractivity contribution in [3.63, 3.8) is 0 Å². The van der Waals surface area contributed by atoms with Gasteiger partial charge in [-0.05, 0) is 24.3 Å². The van der Waals surface area contributed by atoms with E-state index in [0.717, 1.165) is 29.0 Å². The van der Waals surface area contributed by atoms with Crippen LogP contribution in [0.25, 0.3) is 10.2 Å². The molecule has 0 aliphatic rings. The van der Waals surface area contributed by atoms with Crippen LogP contribution in [0.5, 0.6) is 0 Å². The van der Waals surface area contributed by atoms with E-state index in [2.05, 4.69) is 27.6 Å². The van der Waals surface area contributed by atoms with E-state index in [1.807, 2.05) is 0 Å². The average Bonchev–Trinajstić information content (AvgIpc) is 2.62. The maximum atomic E-state index is 8.70. The second-order valence-electron chi connectivity index (χ2n) is 3.33. The monoisotopic (exact) mass is 223 g/mol. The minimum Gasteiger partial charge on any atom is -0.396 e. The highest BCUT2D eigenvalue weighted by molar-refractivity contribution is 7.17. The van der Waals surface area contributed by atoms with Crippen LogP contribution in [-0.4, -0.2) is 28.2 Å². The summed E-state index contributed by atoms with van der Waals surface area (Å²) in [5.41, 5.74) is 1.20. The van der Waals surface area contributed by atoms with Gasteiger partial charge in [0.1, 0.15) is 17.0 Å². The SMILES string of the molecule is Cc1csc2ncnc(NCCCO)c12. The van der Waals surface area contributed by atoms with Gasteiger partial charge in [0, 0.05) is 13.2 Å². The lowest BCUT2D eigenvalue weighted by Gasteiger charge is -2.05. The van der Waals surface area contributed by atoms with Crippen molar-refractivity contribution >= 4 is 27.4 Å². The Hall–Kier alpha value is -1.20. The van der Waals surface area contributed by atoms with E-state index in [9.17, 15) is 0 Å². The molecule has 0 fully saturated rings. The summed E-state index contributed by atoms with van der Waals surface area (Å²) in [7, 11) is 0. The van der Waals surface area contributed by atoms with Gasteiger partial charge in [-0.25, -0.2) is 9.97 Å². The van der Waals surface area contributed by atoms with E-state index >= 15 is 0 Å². The molecule has 80 valence electrons. The predicted molar refractivity (Wildman–Crippen MR) is 62.3 cm³/mol. The molecule has 0 aliphatic heterocycles. The Bertz CT molecular complexity index is 455. The van der Waals surface area contributed by atoms with Crippen molar-refractivity contribution in [2.75, 3.05) is 18.5 Å². The topological polar surface area (TPSA) is 58.0 Å². The lowest BCUT2D eigenvalue weighted by Crippen LogP contribution is -2.05. The van der Waals surface area contributed by atoms with Crippen LogP contribution in [0, 0.1) is 6.92 Å². The van der Waals surface area contributed by atoms with Gasteiger partial charge in [-0.1, -0.05) is 0 Å². The quantitative estimate of drug-likeness (QED) is 0.776. The van der Waals surface area contributed by atoms with Crippen LogP contribution in [0.15, 0.2) is 11.7 Å². The third-order valence-electron chi connectivity index (χ3n) is 2.18.